The number of para-hydroxylation sites is 2. The van der Waals surface area contributed by atoms with Crippen molar-refractivity contribution in [1.29, 1.82) is 0 Å². The van der Waals surface area contributed by atoms with E-state index in [2.05, 4.69) is 34.4 Å². The molecule has 8 heteroatoms. The zero-order valence-electron chi connectivity index (χ0n) is 15.7. The highest BCUT2D eigenvalue weighted by Gasteiger charge is 2.34. The maximum Gasteiger partial charge on any atom is 0.247 e. The molecule has 0 spiro atoms. The molecule has 1 aliphatic heterocycles. The fourth-order valence-corrected chi connectivity index (χ4v) is 3.86. The number of carbonyl (C=O) groups excluding carboxylic acids is 1. The van der Waals surface area contributed by atoms with Crippen molar-refractivity contribution in [3.8, 4) is 0 Å². The van der Waals surface area contributed by atoms with Gasteiger partial charge in [0, 0.05) is 19.0 Å². The lowest BCUT2D eigenvalue weighted by Crippen LogP contribution is -2.44. The molecular weight excluding hydrogens is 342 g/mol. The molecular formula is C19H25N7O. The van der Waals surface area contributed by atoms with Gasteiger partial charge in [-0.15, -0.1) is 5.10 Å². The number of aromatic nitrogens is 6. The number of carbonyl (C=O) groups is 1. The molecule has 1 aromatic carbocycles. The first kappa shape index (κ1) is 17.6. The van der Waals surface area contributed by atoms with Gasteiger partial charge in [0.2, 0.25) is 5.91 Å². The van der Waals surface area contributed by atoms with E-state index >= 15 is 0 Å². The third-order valence-corrected chi connectivity index (χ3v) is 5.69. The zero-order valence-corrected chi connectivity index (χ0v) is 15.7. The summed E-state index contributed by atoms with van der Waals surface area (Å²) in [7, 11) is 0. The predicted molar refractivity (Wildman–Crippen MR) is 101 cm³/mol. The number of tetrazole rings is 1. The summed E-state index contributed by atoms with van der Waals surface area (Å²) in [5.74, 6) is 1.67. The SMILES string of the molecule is CC[C@H](C)[C@@H](C(=O)N1CCC(c2nc3ccccc3[nH]2)CC1)n1cnnn1. The first-order valence-corrected chi connectivity index (χ1v) is 9.63. The van der Waals surface area contributed by atoms with Crippen molar-refractivity contribution in [2.45, 2.75) is 45.1 Å². The maximum atomic E-state index is 13.2. The number of rotatable bonds is 5. The van der Waals surface area contributed by atoms with E-state index in [1.165, 1.54) is 6.33 Å². The molecule has 0 saturated carbocycles. The standard InChI is InChI=1S/C19H25N7O/c1-3-13(2)17(26-12-20-23-24-26)19(27)25-10-8-14(9-11-25)18-21-15-6-4-5-7-16(15)22-18/h4-7,12-14,17H,3,8-11H2,1-2H3,(H,21,22)/t13-,17-/m0/s1. The molecule has 142 valence electrons. The minimum Gasteiger partial charge on any atom is -0.342 e. The molecule has 0 bridgehead atoms. The highest BCUT2D eigenvalue weighted by atomic mass is 16.2. The highest BCUT2D eigenvalue weighted by molar-refractivity contribution is 5.80. The largest absolute Gasteiger partial charge is 0.342 e. The van der Waals surface area contributed by atoms with Crippen LogP contribution in [0.4, 0.5) is 0 Å². The summed E-state index contributed by atoms with van der Waals surface area (Å²) in [5.41, 5.74) is 2.07. The Morgan fingerprint density at radius 3 is 2.74 bits per heavy atom. The monoisotopic (exact) mass is 367 g/mol. The zero-order chi connectivity index (χ0) is 18.8. The predicted octanol–water partition coefficient (Wildman–Crippen LogP) is 2.54. The molecule has 1 saturated heterocycles. The summed E-state index contributed by atoms with van der Waals surface area (Å²) < 4.78 is 1.60. The minimum atomic E-state index is -0.340. The molecule has 3 heterocycles. The first-order chi connectivity index (χ1) is 13.2. The number of hydrogen-bond acceptors (Lipinski definition) is 5. The van der Waals surface area contributed by atoms with E-state index < -0.39 is 0 Å². The number of fused-ring (bicyclic) bond motifs is 1. The number of benzene rings is 1. The van der Waals surface area contributed by atoms with E-state index in [0.717, 1.165) is 49.2 Å². The summed E-state index contributed by atoms with van der Waals surface area (Å²) in [6.45, 7) is 5.62. The van der Waals surface area contributed by atoms with Crippen LogP contribution in [-0.2, 0) is 4.79 Å². The van der Waals surface area contributed by atoms with Crippen molar-refractivity contribution >= 4 is 16.9 Å². The minimum absolute atomic E-state index is 0.111. The molecule has 1 N–H and O–H groups in total. The molecule has 0 aliphatic carbocycles. The Hall–Kier alpha value is -2.77. The number of hydrogen-bond donors (Lipinski definition) is 1. The van der Waals surface area contributed by atoms with E-state index in [1.54, 1.807) is 4.68 Å². The van der Waals surface area contributed by atoms with Gasteiger partial charge in [0.25, 0.3) is 0 Å². The number of H-pyrrole nitrogens is 1. The van der Waals surface area contributed by atoms with Crippen molar-refractivity contribution in [3.05, 3.63) is 36.4 Å². The second-order valence-corrected chi connectivity index (χ2v) is 7.36. The molecule has 3 aromatic rings. The second-order valence-electron chi connectivity index (χ2n) is 7.36. The smallest absolute Gasteiger partial charge is 0.247 e. The Kier molecular flexibility index (Phi) is 4.87. The Morgan fingerprint density at radius 2 is 2.07 bits per heavy atom. The van der Waals surface area contributed by atoms with Crippen LogP contribution < -0.4 is 0 Å². The molecule has 0 radical (unpaired) electrons. The van der Waals surface area contributed by atoms with Crippen LogP contribution in [0.1, 0.15) is 50.9 Å². The van der Waals surface area contributed by atoms with Gasteiger partial charge in [-0.25, -0.2) is 9.67 Å². The Labute approximate surface area is 158 Å². The van der Waals surface area contributed by atoms with Crippen molar-refractivity contribution in [2.24, 2.45) is 5.92 Å². The average molecular weight is 367 g/mol. The van der Waals surface area contributed by atoms with Gasteiger partial charge in [-0.2, -0.15) is 0 Å². The van der Waals surface area contributed by atoms with E-state index in [-0.39, 0.29) is 17.9 Å². The lowest BCUT2D eigenvalue weighted by molar-refractivity contribution is -0.137. The quantitative estimate of drug-likeness (QED) is 0.748. The van der Waals surface area contributed by atoms with E-state index in [4.69, 9.17) is 4.98 Å². The second kappa shape index (κ2) is 7.46. The van der Waals surface area contributed by atoms with Gasteiger partial charge < -0.3 is 9.88 Å². The van der Waals surface area contributed by atoms with Crippen LogP contribution in [0, 0.1) is 5.92 Å². The highest BCUT2D eigenvalue weighted by Crippen LogP contribution is 2.30. The van der Waals surface area contributed by atoms with Crippen molar-refractivity contribution in [1.82, 2.24) is 35.1 Å². The average Bonchev–Trinajstić information content (AvgIpc) is 3.38. The summed E-state index contributed by atoms with van der Waals surface area (Å²) in [6, 6.07) is 7.75. The number of nitrogens with one attached hydrogen (secondary N) is 1. The normalized spacial score (nSPS) is 17.9. The fraction of sp³-hybridized carbons (Fsp3) is 0.526. The number of nitrogens with zero attached hydrogens (tertiary/aromatic N) is 6. The molecule has 1 aliphatic rings. The van der Waals surface area contributed by atoms with Gasteiger partial charge in [0.05, 0.1) is 11.0 Å². The van der Waals surface area contributed by atoms with Gasteiger partial charge in [-0.05, 0) is 41.3 Å². The molecule has 1 fully saturated rings. The number of aromatic amines is 1. The van der Waals surface area contributed by atoms with Crippen LogP contribution >= 0.6 is 0 Å². The maximum absolute atomic E-state index is 13.2. The summed E-state index contributed by atoms with van der Waals surface area (Å²) >= 11 is 0. The molecule has 1 amide bonds. The van der Waals surface area contributed by atoms with E-state index in [0.29, 0.717) is 5.92 Å². The summed E-state index contributed by atoms with van der Waals surface area (Å²) in [4.78, 5) is 23.3. The third-order valence-electron chi connectivity index (χ3n) is 5.69. The van der Waals surface area contributed by atoms with Crippen molar-refractivity contribution < 1.29 is 4.79 Å². The molecule has 4 rings (SSSR count). The lowest BCUT2D eigenvalue weighted by atomic mass is 9.93. The van der Waals surface area contributed by atoms with Crippen LogP contribution in [0.5, 0.6) is 0 Å². The van der Waals surface area contributed by atoms with Crippen molar-refractivity contribution in [3.63, 3.8) is 0 Å². The molecule has 0 unspecified atom stereocenters. The fourth-order valence-electron chi connectivity index (χ4n) is 3.86. The summed E-state index contributed by atoms with van der Waals surface area (Å²) in [6.07, 6.45) is 4.25. The van der Waals surface area contributed by atoms with Gasteiger partial charge in [-0.3, -0.25) is 4.79 Å². The van der Waals surface area contributed by atoms with Crippen LogP contribution in [0.3, 0.4) is 0 Å². The van der Waals surface area contributed by atoms with Gasteiger partial charge in [0.15, 0.2) is 0 Å². The van der Waals surface area contributed by atoms with Crippen LogP contribution in [0.2, 0.25) is 0 Å². The Bertz CT molecular complexity index is 863. The van der Waals surface area contributed by atoms with Crippen LogP contribution in [0.25, 0.3) is 11.0 Å². The van der Waals surface area contributed by atoms with E-state index in [9.17, 15) is 4.79 Å². The molecule has 2 aromatic heterocycles. The van der Waals surface area contributed by atoms with Gasteiger partial charge >= 0.3 is 0 Å². The first-order valence-electron chi connectivity index (χ1n) is 9.63. The number of piperidine rings is 1. The van der Waals surface area contributed by atoms with Crippen LogP contribution in [0.15, 0.2) is 30.6 Å². The molecule has 8 nitrogen and oxygen atoms in total. The van der Waals surface area contributed by atoms with Gasteiger partial charge in [0.1, 0.15) is 18.2 Å². The number of imidazole rings is 1. The molecule has 27 heavy (non-hydrogen) atoms. The third kappa shape index (κ3) is 3.43. The number of amides is 1. The summed E-state index contributed by atoms with van der Waals surface area (Å²) in [5, 5.41) is 11.4. The lowest BCUT2D eigenvalue weighted by Gasteiger charge is -2.34. The van der Waals surface area contributed by atoms with E-state index in [1.807, 2.05) is 29.2 Å². The van der Waals surface area contributed by atoms with Crippen LogP contribution in [-0.4, -0.2) is 54.1 Å². The number of likely N-dealkylation sites (tertiary alicyclic amines) is 1. The Balaban J connectivity index is 1.45. The van der Waals surface area contributed by atoms with Crippen molar-refractivity contribution in [2.75, 3.05) is 13.1 Å². The van der Waals surface area contributed by atoms with Gasteiger partial charge in [-0.1, -0.05) is 32.4 Å². The Morgan fingerprint density at radius 1 is 1.30 bits per heavy atom. The molecule has 2 atom stereocenters. The topological polar surface area (TPSA) is 92.6 Å².